The molecule has 0 saturated heterocycles. The summed E-state index contributed by atoms with van der Waals surface area (Å²) in [6, 6.07) is 11.8. The standard InChI is InChI=1S/C19H25N3OS/c1-19(2,22(3)4)14-21-18(23)16-7-9-17(10-8-16)24-13-15-6-5-11-20-12-15/h5-12H,13-14H2,1-4H3,(H,21,23). The van der Waals surface area contributed by atoms with Gasteiger partial charge in [0.2, 0.25) is 0 Å². The third kappa shape index (κ3) is 5.35. The van der Waals surface area contributed by atoms with Crippen molar-refractivity contribution >= 4 is 17.7 Å². The van der Waals surface area contributed by atoms with Crippen LogP contribution in [-0.4, -0.2) is 42.0 Å². The lowest BCUT2D eigenvalue weighted by Crippen LogP contribution is -2.48. The third-order valence-electron chi connectivity index (χ3n) is 4.14. The van der Waals surface area contributed by atoms with Gasteiger partial charge in [-0.3, -0.25) is 9.78 Å². The number of amides is 1. The van der Waals surface area contributed by atoms with Crippen LogP contribution in [0.5, 0.6) is 0 Å². The molecule has 0 fully saturated rings. The molecule has 1 aromatic carbocycles. The molecule has 0 radical (unpaired) electrons. The van der Waals surface area contributed by atoms with Crippen LogP contribution in [0, 0.1) is 0 Å². The first-order valence-electron chi connectivity index (χ1n) is 7.96. The number of nitrogens with zero attached hydrogens (tertiary/aromatic N) is 2. The van der Waals surface area contributed by atoms with Crippen molar-refractivity contribution in [1.29, 1.82) is 0 Å². The highest BCUT2D eigenvalue weighted by molar-refractivity contribution is 7.98. The lowest BCUT2D eigenvalue weighted by molar-refractivity contribution is 0.0919. The fourth-order valence-electron chi connectivity index (χ4n) is 1.91. The van der Waals surface area contributed by atoms with E-state index in [0.29, 0.717) is 12.1 Å². The molecule has 1 N–H and O–H groups in total. The minimum Gasteiger partial charge on any atom is -0.350 e. The summed E-state index contributed by atoms with van der Waals surface area (Å²) in [5.41, 5.74) is 1.81. The number of thioether (sulfide) groups is 1. The van der Waals surface area contributed by atoms with Crippen molar-refractivity contribution in [2.75, 3.05) is 20.6 Å². The molecule has 4 nitrogen and oxygen atoms in total. The summed E-state index contributed by atoms with van der Waals surface area (Å²) in [7, 11) is 4.03. The smallest absolute Gasteiger partial charge is 0.251 e. The highest BCUT2D eigenvalue weighted by Crippen LogP contribution is 2.22. The van der Waals surface area contributed by atoms with Crippen LogP contribution in [0.3, 0.4) is 0 Å². The van der Waals surface area contributed by atoms with Gasteiger partial charge >= 0.3 is 0 Å². The summed E-state index contributed by atoms with van der Waals surface area (Å²) in [6.07, 6.45) is 3.65. The molecule has 128 valence electrons. The largest absolute Gasteiger partial charge is 0.350 e. The first-order valence-corrected chi connectivity index (χ1v) is 8.94. The van der Waals surface area contributed by atoms with Gasteiger partial charge in [0.05, 0.1) is 0 Å². The van der Waals surface area contributed by atoms with E-state index < -0.39 is 0 Å². The number of nitrogens with one attached hydrogen (secondary N) is 1. The molecule has 0 bridgehead atoms. The molecule has 0 unspecified atom stereocenters. The SMILES string of the molecule is CN(C)C(C)(C)CNC(=O)c1ccc(SCc2cccnc2)cc1. The Bertz CT molecular complexity index is 654. The van der Waals surface area contributed by atoms with Gasteiger partial charge in [0.1, 0.15) is 0 Å². The Morgan fingerprint density at radius 3 is 2.50 bits per heavy atom. The quantitative estimate of drug-likeness (QED) is 0.782. The summed E-state index contributed by atoms with van der Waals surface area (Å²) >= 11 is 1.74. The number of hydrogen-bond donors (Lipinski definition) is 1. The van der Waals surface area contributed by atoms with Crippen molar-refractivity contribution in [1.82, 2.24) is 15.2 Å². The zero-order valence-electron chi connectivity index (χ0n) is 14.7. The van der Waals surface area contributed by atoms with Gasteiger partial charge in [-0.15, -0.1) is 11.8 Å². The number of rotatable bonds is 7. The molecule has 1 amide bonds. The molecule has 1 heterocycles. The Balaban J connectivity index is 1.88. The van der Waals surface area contributed by atoms with Crippen molar-refractivity contribution < 1.29 is 4.79 Å². The second kappa shape index (κ2) is 8.31. The minimum absolute atomic E-state index is 0.0336. The number of pyridine rings is 1. The number of likely N-dealkylation sites (N-methyl/N-ethyl adjacent to an activating group) is 1. The Morgan fingerprint density at radius 1 is 1.21 bits per heavy atom. The number of benzene rings is 1. The number of carbonyl (C=O) groups is 1. The van der Waals surface area contributed by atoms with Crippen LogP contribution in [-0.2, 0) is 5.75 Å². The van der Waals surface area contributed by atoms with Gasteiger partial charge < -0.3 is 10.2 Å². The van der Waals surface area contributed by atoms with E-state index in [1.54, 1.807) is 18.0 Å². The highest BCUT2D eigenvalue weighted by atomic mass is 32.2. The Labute approximate surface area is 148 Å². The van der Waals surface area contributed by atoms with E-state index in [2.05, 4.69) is 35.1 Å². The highest BCUT2D eigenvalue weighted by Gasteiger charge is 2.21. The summed E-state index contributed by atoms with van der Waals surface area (Å²) in [5, 5.41) is 3.00. The topological polar surface area (TPSA) is 45.2 Å². The average molecular weight is 343 g/mol. The second-order valence-corrected chi connectivity index (χ2v) is 7.61. The first-order chi connectivity index (χ1) is 11.4. The molecule has 2 aromatic rings. The van der Waals surface area contributed by atoms with Crippen molar-refractivity contribution in [3.63, 3.8) is 0 Å². The molecule has 5 heteroatoms. The van der Waals surface area contributed by atoms with Crippen LogP contribution in [0.15, 0.2) is 53.7 Å². The average Bonchev–Trinajstić information content (AvgIpc) is 2.59. The molecule has 0 aliphatic carbocycles. The van der Waals surface area contributed by atoms with Gasteiger partial charge in [0.25, 0.3) is 5.91 Å². The zero-order valence-corrected chi connectivity index (χ0v) is 15.6. The maximum Gasteiger partial charge on any atom is 0.251 e. The fourth-order valence-corrected chi connectivity index (χ4v) is 2.74. The molecule has 0 aliphatic heterocycles. The lowest BCUT2D eigenvalue weighted by atomic mass is 10.0. The van der Waals surface area contributed by atoms with E-state index in [-0.39, 0.29) is 11.4 Å². The van der Waals surface area contributed by atoms with Gasteiger partial charge in [0.15, 0.2) is 0 Å². The molecule has 0 aliphatic rings. The summed E-state index contributed by atoms with van der Waals surface area (Å²) in [4.78, 5) is 19.6. The monoisotopic (exact) mass is 343 g/mol. The van der Waals surface area contributed by atoms with E-state index in [1.165, 1.54) is 5.56 Å². The Morgan fingerprint density at radius 2 is 1.92 bits per heavy atom. The van der Waals surface area contributed by atoms with Crippen LogP contribution < -0.4 is 5.32 Å². The van der Waals surface area contributed by atoms with Gasteiger partial charge in [-0.2, -0.15) is 0 Å². The normalized spacial score (nSPS) is 11.5. The van der Waals surface area contributed by atoms with Crippen molar-refractivity contribution in [2.24, 2.45) is 0 Å². The molecule has 0 saturated carbocycles. The second-order valence-electron chi connectivity index (χ2n) is 6.56. The first kappa shape index (κ1) is 18.5. The van der Waals surface area contributed by atoms with Gasteiger partial charge in [0, 0.05) is 40.7 Å². The summed E-state index contributed by atoms with van der Waals surface area (Å²) < 4.78 is 0. The maximum atomic E-state index is 12.3. The van der Waals surface area contributed by atoms with Gasteiger partial charge in [-0.1, -0.05) is 6.07 Å². The lowest BCUT2D eigenvalue weighted by Gasteiger charge is -2.32. The summed E-state index contributed by atoms with van der Waals surface area (Å²) in [6.45, 7) is 4.81. The van der Waals surface area contributed by atoms with Crippen LogP contribution in [0.4, 0.5) is 0 Å². The molecule has 24 heavy (non-hydrogen) atoms. The van der Waals surface area contributed by atoms with E-state index in [9.17, 15) is 4.79 Å². The third-order valence-corrected chi connectivity index (χ3v) is 5.22. The minimum atomic E-state index is -0.0742. The van der Waals surface area contributed by atoms with Crippen LogP contribution in [0.2, 0.25) is 0 Å². The Hall–Kier alpha value is -1.85. The van der Waals surface area contributed by atoms with Crippen molar-refractivity contribution in [3.8, 4) is 0 Å². The predicted octanol–water partition coefficient (Wildman–Crippen LogP) is 3.44. The van der Waals surface area contributed by atoms with Crippen molar-refractivity contribution in [3.05, 3.63) is 59.9 Å². The Kier molecular flexibility index (Phi) is 6.40. The van der Waals surface area contributed by atoms with Crippen molar-refractivity contribution in [2.45, 2.75) is 30.0 Å². The molecule has 2 rings (SSSR count). The van der Waals surface area contributed by atoms with E-state index in [4.69, 9.17) is 0 Å². The van der Waals surface area contributed by atoms with E-state index in [1.807, 2.05) is 50.6 Å². The van der Waals surface area contributed by atoms with Crippen LogP contribution in [0.1, 0.15) is 29.8 Å². The molecular formula is C19H25N3OS. The number of hydrogen-bond acceptors (Lipinski definition) is 4. The number of aromatic nitrogens is 1. The molecular weight excluding hydrogens is 318 g/mol. The summed E-state index contributed by atoms with van der Waals surface area (Å²) in [5.74, 6) is 0.838. The van der Waals surface area contributed by atoms with Crippen LogP contribution in [0.25, 0.3) is 0 Å². The van der Waals surface area contributed by atoms with Crippen LogP contribution >= 0.6 is 11.8 Å². The number of carbonyl (C=O) groups excluding carboxylic acids is 1. The zero-order chi connectivity index (χ0) is 17.6. The molecule has 0 atom stereocenters. The molecule has 0 spiro atoms. The van der Waals surface area contributed by atoms with E-state index in [0.717, 1.165) is 10.6 Å². The molecule has 1 aromatic heterocycles. The fraction of sp³-hybridized carbons (Fsp3) is 0.368. The van der Waals surface area contributed by atoms with E-state index >= 15 is 0 Å². The maximum absolute atomic E-state index is 12.3. The van der Waals surface area contributed by atoms with Gasteiger partial charge in [-0.05, 0) is 63.8 Å². The van der Waals surface area contributed by atoms with Gasteiger partial charge in [-0.25, -0.2) is 0 Å². The predicted molar refractivity (Wildman–Crippen MR) is 100 cm³/mol.